The SMILES string of the molecule is CC.CCC(c1cc(C2CCNCC2)ccn1)C(C)C. The summed E-state index contributed by atoms with van der Waals surface area (Å²) < 4.78 is 0. The summed E-state index contributed by atoms with van der Waals surface area (Å²) in [5, 5.41) is 3.44. The van der Waals surface area contributed by atoms with Crippen LogP contribution in [0.15, 0.2) is 18.3 Å². The second-order valence-corrected chi connectivity index (χ2v) is 5.80. The summed E-state index contributed by atoms with van der Waals surface area (Å²) in [6.45, 7) is 13.2. The molecule has 2 nitrogen and oxygen atoms in total. The smallest absolute Gasteiger partial charge is 0.0439 e. The summed E-state index contributed by atoms with van der Waals surface area (Å²) in [4.78, 5) is 4.61. The maximum atomic E-state index is 4.61. The van der Waals surface area contributed by atoms with Crippen molar-refractivity contribution in [3.05, 3.63) is 29.6 Å². The Morgan fingerprint density at radius 2 is 1.90 bits per heavy atom. The molecule has 0 bridgehead atoms. The summed E-state index contributed by atoms with van der Waals surface area (Å²) in [5.74, 6) is 2.01. The highest BCUT2D eigenvalue weighted by Crippen LogP contribution is 2.30. The molecule has 1 aliphatic rings. The lowest BCUT2D eigenvalue weighted by Gasteiger charge is -2.25. The van der Waals surface area contributed by atoms with Crippen molar-refractivity contribution in [2.45, 2.75) is 65.7 Å². The third-order valence-corrected chi connectivity index (χ3v) is 4.24. The molecule has 1 aliphatic heterocycles. The van der Waals surface area contributed by atoms with E-state index < -0.39 is 0 Å². The standard InChI is InChI=1S/C16H26N2.C2H6/c1-4-15(12(2)3)16-11-14(7-10-18-16)13-5-8-17-9-6-13;1-2/h7,10-13,15,17H,4-6,8-9H2,1-3H3;1-2H3. The second-order valence-electron chi connectivity index (χ2n) is 5.80. The average molecular weight is 276 g/mol. The van der Waals surface area contributed by atoms with Crippen molar-refractivity contribution in [1.82, 2.24) is 10.3 Å². The van der Waals surface area contributed by atoms with Crippen LogP contribution in [0.2, 0.25) is 0 Å². The first-order valence-electron chi connectivity index (χ1n) is 8.39. The minimum Gasteiger partial charge on any atom is -0.317 e. The first kappa shape index (κ1) is 17.2. The van der Waals surface area contributed by atoms with Crippen molar-refractivity contribution >= 4 is 0 Å². The van der Waals surface area contributed by atoms with Crippen LogP contribution in [-0.2, 0) is 0 Å². The number of aromatic nitrogens is 1. The predicted molar refractivity (Wildman–Crippen MR) is 88.3 cm³/mol. The molecule has 1 saturated heterocycles. The first-order chi connectivity index (χ1) is 9.72. The van der Waals surface area contributed by atoms with Gasteiger partial charge in [-0.15, -0.1) is 0 Å². The molecule has 0 spiro atoms. The highest BCUT2D eigenvalue weighted by molar-refractivity contribution is 5.23. The van der Waals surface area contributed by atoms with Gasteiger partial charge in [0.15, 0.2) is 0 Å². The van der Waals surface area contributed by atoms with Gasteiger partial charge in [-0.3, -0.25) is 4.98 Å². The van der Waals surface area contributed by atoms with Gasteiger partial charge in [0.2, 0.25) is 0 Å². The summed E-state index contributed by atoms with van der Waals surface area (Å²) in [7, 11) is 0. The van der Waals surface area contributed by atoms with Crippen LogP contribution in [0.25, 0.3) is 0 Å². The molecule has 0 aliphatic carbocycles. The number of nitrogens with zero attached hydrogens (tertiary/aromatic N) is 1. The Bertz CT molecular complexity index is 367. The minimum atomic E-state index is 0.603. The molecule has 1 N–H and O–H groups in total. The van der Waals surface area contributed by atoms with E-state index >= 15 is 0 Å². The van der Waals surface area contributed by atoms with Crippen molar-refractivity contribution in [3.63, 3.8) is 0 Å². The van der Waals surface area contributed by atoms with Crippen LogP contribution < -0.4 is 5.32 Å². The Balaban J connectivity index is 0.000000956. The molecule has 114 valence electrons. The van der Waals surface area contributed by atoms with Gasteiger partial charge in [-0.25, -0.2) is 0 Å². The van der Waals surface area contributed by atoms with Gasteiger partial charge in [-0.05, 0) is 61.9 Å². The van der Waals surface area contributed by atoms with Crippen LogP contribution in [0.3, 0.4) is 0 Å². The van der Waals surface area contributed by atoms with E-state index in [1.807, 2.05) is 20.0 Å². The van der Waals surface area contributed by atoms with Crippen LogP contribution in [0.4, 0.5) is 0 Å². The van der Waals surface area contributed by atoms with Gasteiger partial charge in [-0.2, -0.15) is 0 Å². The Morgan fingerprint density at radius 3 is 2.45 bits per heavy atom. The van der Waals surface area contributed by atoms with Crippen LogP contribution in [0, 0.1) is 5.92 Å². The average Bonchev–Trinajstić information content (AvgIpc) is 2.51. The molecule has 1 aromatic rings. The summed E-state index contributed by atoms with van der Waals surface area (Å²) >= 11 is 0. The number of piperidine rings is 1. The van der Waals surface area contributed by atoms with Crippen molar-refractivity contribution in [2.75, 3.05) is 13.1 Å². The topological polar surface area (TPSA) is 24.9 Å². The van der Waals surface area contributed by atoms with E-state index in [0.717, 1.165) is 19.0 Å². The van der Waals surface area contributed by atoms with Gasteiger partial charge in [0, 0.05) is 17.8 Å². The zero-order valence-electron chi connectivity index (χ0n) is 13.9. The van der Waals surface area contributed by atoms with Gasteiger partial charge < -0.3 is 5.32 Å². The molecule has 2 heterocycles. The Morgan fingerprint density at radius 1 is 1.25 bits per heavy atom. The monoisotopic (exact) mass is 276 g/mol. The van der Waals surface area contributed by atoms with E-state index in [0.29, 0.717) is 11.8 Å². The zero-order chi connectivity index (χ0) is 15.0. The van der Waals surface area contributed by atoms with E-state index in [2.05, 4.69) is 43.2 Å². The second kappa shape index (κ2) is 9.12. The van der Waals surface area contributed by atoms with E-state index in [1.165, 1.54) is 30.5 Å². The summed E-state index contributed by atoms with van der Waals surface area (Å²) in [6.07, 6.45) is 5.72. The van der Waals surface area contributed by atoms with Crippen molar-refractivity contribution < 1.29 is 0 Å². The van der Waals surface area contributed by atoms with Crippen LogP contribution in [0.5, 0.6) is 0 Å². The summed E-state index contributed by atoms with van der Waals surface area (Å²) in [5.41, 5.74) is 2.80. The van der Waals surface area contributed by atoms with Crippen LogP contribution in [0.1, 0.15) is 77.0 Å². The van der Waals surface area contributed by atoms with Crippen LogP contribution in [-0.4, -0.2) is 18.1 Å². The van der Waals surface area contributed by atoms with Gasteiger partial charge in [0.05, 0.1) is 0 Å². The fourth-order valence-corrected chi connectivity index (χ4v) is 3.10. The highest BCUT2D eigenvalue weighted by Gasteiger charge is 2.19. The molecule has 0 radical (unpaired) electrons. The quantitative estimate of drug-likeness (QED) is 0.860. The van der Waals surface area contributed by atoms with Gasteiger partial charge in [-0.1, -0.05) is 34.6 Å². The highest BCUT2D eigenvalue weighted by atomic mass is 14.9. The molecule has 1 atom stereocenters. The number of hydrogen-bond donors (Lipinski definition) is 1. The Hall–Kier alpha value is -0.890. The Labute approximate surface area is 125 Å². The number of hydrogen-bond acceptors (Lipinski definition) is 2. The maximum Gasteiger partial charge on any atom is 0.0439 e. The molecular weight excluding hydrogens is 244 g/mol. The van der Waals surface area contributed by atoms with Crippen molar-refractivity contribution in [1.29, 1.82) is 0 Å². The predicted octanol–water partition coefficient (Wildman–Crippen LogP) is 4.72. The molecule has 20 heavy (non-hydrogen) atoms. The number of nitrogens with one attached hydrogen (secondary N) is 1. The van der Waals surface area contributed by atoms with Crippen LogP contribution >= 0.6 is 0 Å². The molecule has 1 aromatic heterocycles. The molecule has 2 rings (SSSR count). The molecule has 0 aromatic carbocycles. The Kier molecular flexibility index (Phi) is 7.83. The lowest BCUT2D eigenvalue weighted by Crippen LogP contribution is -2.26. The number of rotatable bonds is 4. The molecule has 1 unspecified atom stereocenters. The minimum absolute atomic E-state index is 0.603. The third-order valence-electron chi connectivity index (χ3n) is 4.24. The van der Waals surface area contributed by atoms with Crippen molar-refractivity contribution in [3.8, 4) is 0 Å². The fourth-order valence-electron chi connectivity index (χ4n) is 3.10. The first-order valence-corrected chi connectivity index (χ1v) is 8.39. The zero-order valence-corrected chi connectivity index (χ0v) is 13.9. The van der Waals surface area contributed by atoms with Gasteiger partial charge in [0.25, 0.3) is 0 Å². The molecule has 2 heteroatoms. The van der Waals surface area contributed by atoms with Crippen molar-refractivity contribution in [2.24, 2.45) is 5.92 Å². The lowest BCUT2D eigenvalue weighted by molar-refractivity contribution is 0.454. The van der Waals surface area contributed by atoms with Gasteiger partial charge in [0.1, 0.15) is 0 Å². The molecule has 0 amide bonds. The normalized spacial score (nSPS) is 17.5. The number of pyridine rings is 1. The fraction of sp³-hybridized carbons (Fsp3) is 0.722. The van der Waals surface area contributed by atoms with E-state index in [1.54, 1.807) is 0 Å². The van der Waals surface area contributed by atoms with Gasteiger partial charge >= 0.3 is 0 Å². The van der Waals surface area contributed by atoms with E-state index in [-0.39, 0.29) is 0 Å². The van der Waals surface area contributed by atoms with E-state index in [4.69, 9.17) is 0 Å². The largest absolute Gasteiger partial charge is 0.317 e. The molecular formula is C18H32N2. The molecule has 0 saturated carbocycles. The maximum absolute atomic E-state index is 4.61. The summed E-state index contributed by atoms with van der Waals surface area (Å²) in [6, 6.07) is 4.58. The third kappa shape index (κ3) is 4.59. The lowest BCUT2D eigenvalue weighted by atomic mass is 9.86. The van der Waals surface area contributed by atoms with E-state index in [9.17, 15) is 0 Å². The molecule has 1 fully saturated rings.